The lowest BCUT2D eigenvalue weighted by Gasteiger charge is -2.40. The highest BCUT2D eigenvalue weighted by Gasteiger charge is 2.56. The Kier molecular flexibility index (Phi) is 7.27. The van der Waals surface area contributed by atoms with Gasteiger partial charge in [-0.3, -0.25) is 19.7 Å². The SMILES string of the molecule is CC(O)(c1cc(F)c2c(c1)C(=O)N(Cc1ccc(C#N)cn1)[C@@]2(OCC1(CO)CC1)c1ccc(Cl)cc1)c1ccccn1. The van der Waals surface area contributed by atoms with Gasteiger partial charge in [0.05, 0.1) is 47.8 Å². The molecule has 1 aliphatic carbocycles. The van der Waals surface area contributed by atoms with Gasteiger partial charge < -0.3 is 14.9 Å². The zero-order valence-electron chi connectivity index (χ0n) is 23.3. The number of amides is 1. The molecule has 218 valence electrons. The molecule has 1 fully saturated rings. The lowest BCUT2D eigenvalue weighted by molar-refractivity contribution is -0.130. The standard InChI is InChI=1S/C33H28ClFN4O4/c1-31(42,28-4-2-3-13-37-28)23-14-26-29(27(35)15-23)33(22-6-8-24(34)9-7-22,43-20-32(19-40)11-12-32)39(30(26)41)18-25-10-5-21(16-36)17-38-25/h2-10,13-15,17,40,42H,11-12,18-20H2,1H3/t31?,33-/m1/s1. The molecule has 4 aromatic rings. The van der Waals surface area contributed by atoms with Gasteiger partial charge in [-0.1, -0.05) is 29.8 Å². The van der Waals surface area contributed by atoms with Gasteiger partial charge in [0.1, 0.15) is 17.5 Å². The molecule has 0 spiro atoms. The molecule has 2 aromatic carbocycles. The van der Waals surface area contributed by atoms with Gasteiger partial charge in [-0.25, -0.2) is 4.39 Å². The predicted molar refractivity (Wildman–Crippen MR) is 155 cm³/mol. The van der Waals surface area contributed by atoms with Gasteiger partial charge in [0.2, 0.25) is 0 Å². The van der Waals surface area contributed by atoms with Crippen molar-refractivity contribution < 1.29 is 24.1 Å². The maximum Gasteiger partial charge on any atom is 0.257 e. The average molecular weight is 599 g/mol. The van der Waals surface area contributed by atoms with E-state index in [0.29, 0.717) is 21.8 Å². The number of aromatic nitrogens is 2. The number of ether oxygens (including phenoxy) is 1. The minimum atomic E-state index is -1.75. The quantitative estimate of drug-likeness (QED) is 0.277. The van der Waals surface area contributed by atoms with Crippen molar-refractivity contribution in [3.05, 3.63) is 129 Å². The molecule has 0 bridgehead atoms. The van der Waals surface area contributed by atoms with Crippen LogP contribution in [0.15, 0.2) is 79.1 Å². The van der Waals surface area contributed by atoms with Gasteiger partial charge in [-0.05, 0) is 73.9 Å². The van der Waals surface area contributed by atoms with Crippen LogP contribution in [0, 0.1) is 22.6 Å². The van der Waals surface area contributed by atoms with Gasteiger partial charge in [0.15, 0.2) is 5.72 Å². The molecule has 2 aliphatic rings. The van der Waals surface area contributed by atoms with E-state index in [1.807, 2.05) is 6.07 Å². The number of hydrogen-bond donors (Lipinski definition) is 2. The normalized spacial score (nSPS) is 19.9. The Morgan fingerprint density at radius 1 is 1.14 bits per heavy atom. The lowest BCUT2D eigenvalue weighted by Crippen LogP contribution is -2.48. The number of nitriles is 1. The molecule has 1 aliphatic heterocycles. The molecule has 43 heavy (non-hydrogen) atoms. The summed E-state index contributed by atoms with van der Waals surface area (Å²) in [6, 6.07) is 19.6. The first kappa shape index (κ1) is 28.9. The average Bonchev–Trinajstić information content (AvgIpc) is 3.77. The molecule has 1 unspecified atom stereocenters. The van der Waals surface area contributed by atoms with Crippen LogP contribution in [0.1, 0.15) is 63.8 Å². The first-order chi connectivity index (χ1) is 20.6. The third-order valence-corrected chi connectivity index (χ3v) is 8.65. The summed E-state index contributed by atoms with van der Waals surface area (Å²) in [6.07, 6.45) is 4.39. The number of aliphatic hydroxyl groups is 2. The summed E-state index contributed by atoms with van der Waals surface area (Å²) in [5, 5.41) is 31.3. The van der Waals surface area contributed by atoms with Crippen LogP contribution in [0.2, 0.25) is 5.02 Å². The van der Waals surface area contributed by atoms with Gasteiger partial charge in [-0.15, -0.1) is 0 Å². The molecule has 10 heteroatoms. The van der Waals surface area contributed by atoms with Gasteiger partial charge in [0, 0.05) is 28.4 Å². The Balaban J connectivity index is 1.56. The van der Waals surface area contributed by atoms with Crippen LogP contribution in [0.4, 0.5) is 4.39 Å². The van der Waals surface area contributed by atoms with E-state index in [1.54, 1.807) is 54.6 Å². The molecule has 0 saturated heterocycles. The Labute approximate surface area is 253 Å². The second kappa shape index (κ2) is 10.8. The van der Waals surface area contributed by atoms with Crippen LogP contribution >= 0.6 is 11.6 Å². The summed E-state index contributed by atoms with van der Waals surface area (Å²) in [4.78, 5) is 24.4. The number of fused-ring (bicyclic) bond motifs is 1. The number of carbonyl (C=O) groups is 1. The number of carbonyl (C=O) groups excluding carboxylic acids is 1. The number of aliphatic hydroxyl groups excluding tert-OH is 1. The Hall–Kier alpha value is -4.20. The molecule has 1 amide bonds. The molecular weight excluding hydrogens is 571 g/mol. The van der Waals surface area contributed by atoms with Crippen molar-refractivity contribution in [2.24, 2.45) is 5.41 Å². The highest BCUT2D eigenvalue weighted by Crippen LogP contribution is 2.52. The van der Waals surface area contributed by atoms with Crippen molar-refractivity contribution >= 4 is 17.5 Å². The highest BCUT2D eigenvalue weighted by atomic mass is 35.5. The largest absolute Gasteiger partial charge is 0.396 e. The van der Waals surface area contributed by atoms with Crippen LogP contribution in [0.25, 0.3) is 0 Å². The second-order valence-electron chi connectivity index (χ2n) is 11.3. The monoisotopic (exact) mass is 598 g/mol. The Morgan fingerprint density at radius 3 is 2.51 bits per heavy atom. The van der Waals surface area contributed by atoms with Crippen LogP contribution < -0.4 is 0 Å². The predicted octanol–water partition coefficient (Wildman–Crippen LogP) is 5.04. The zero-order chi connectivity index (χ0) is 30.4. The smallest absolute Gasteiger partial charge is 0.257 e. The van der Waals surface area contributed by atoms with Gasteiger partial charge >= 0.3 is 0 Å². The first-order valence-electron chi connectivity index (χ1n) is 13.8. The molecule has 0 radical (unpaired) electrons. The summed E-state index contributed by atoms with van der Waals surface area (Å²) in [5.74, 6) is -1.29. The fourth-order valence-corrected chi connectivity index (χ4v) is 5.67. The summed E-state index contributed by atoms with van der Waals surface area (Å²) in [7, 11) is 0. The third kappa shape index (κ3) is 4.96. The molecule has 6 rings (SSSR count). The summed E-state index contributed by atoms with van der Waals surface area (Å²) >= 11 is 6.23. The fourth-order valence-electron chi connectivity index (χ4n) is 5.54. The minimum absolute atomic E-state index is 0.0113. The summed E-state index contributed by atoms with van der Waals surface area (Å²) in [5.41, 5.74) is -2.26. The molecular formula is C33H28ClFN4O4. The third-order valence-electron chi connectivity index (χ3n) is 8.40. The van der Waals surface area contributed by atoms with E-state index in [0.717, 1.165) is 12.8 Å². The minimum Gasteiger partial charge on any atom is -0.396 e. The van der Waals surface area contributed by atoms with Crippen molar-refractivity contribution in [3.8, 4) is 6.07 Å². The van der Waals surface area contributed by atoms with Crippen LogP contribution in [-0.2, 0) is 22.6 Å². The highest BCUT2D eigenvalue weighted by molar-refractivity contribution is 6.30. The van der Waals surface area contributed by atoms with Crippen LogP contribution in [0.5, 0.6) is 0 Å². The van der Waals surface area contributed by atoms with Crippen molar-refractivity contribution in [3.63, 3.8) is 0 Å². The van der Waals surface area contributed by atoms with E-state index in [9.17, 15) is 20.3 Å². The molecule has 2 aromatic heterocycles. The topological polar surface area (TPSA) is 120 Å². The van der Waals surface area contributed by atoms with Gasteiger partial charge in [-0.2, -0.15) is 5.26 Å². The summed E-state index contributed by atoms with van der Waals surface area (Å²) < 4.78 is 23.3. The number of pyridine rings is 2. The van der Waals surface area contributed by atoms with Gasteiger partial charge in [0.25, 0.3) is 5.91 Å². The van der Waals surface area contributed by atoms with E-state index >= 15 is 4.39 Å². The van der Waals surface area contributed by atoms with E-state index < -0.39 is 28.5 Å². The maximum absolute atomic E-state index is 16.6. The Bertz CT molecular complexity index is 1720. The first-order valence-corrected chi connectivity index (χ1v) is 14.2. The number of rotatable bonds is 9. The van der Waals surface area contributed by atoms with Crippen LogP contribution in [0.3, 0.4) is 0 Å². The van der Waals surface area contributed by atoms with Crippen molar-refractivity contribution in [2.45, 2.75) is 37.6 Å². The molecule has 2 N–H and O–H groups in total. The number of halogens is 2. The van der Waals surface area contributed by atoms with E-state index in [2.05, 4.69) is 9.97 Å². The second-order valence-corrected chi connectivity index (χ2v) is 11.7. The lowest BCUT2D eigenvalue weighted by atomic mass is 9.86. The van der Waals surface area contributed by atoms with Crippen LogP contribution in [-0.4, -0.2) is 44.2 Å². The van der Waals surface area contributed by atoms with E-state index in [-0.39, 0.29) is 42.1 Å². The summed E-state index contributed by atoms with van der Waals surface area (Å²) in [6.45, 7) is 1.35. The number of nitrogens with zero attached hydrogens (tertiary/aromatic N) is 4. The number of hydrogen-bond acceptors (Lipinski definition) is 7. The molecule has 2 atom stereocenters. The van der Waals surface area contributed by atoms with Crippen molar-refractivity contribution in [2.75, 3.05) is 13.2 Å². The molecule has 8 nitrogen and oxygen atoms in total. The molecule has 1 saturated carbocycles. The van der Waals surface area contributed by atoms with Crippen molar-refractivity contribution in [1.29, 1.82) is 5.26 Å². The van der Waals surface area contributed by atoms with E-state index in [4.69, 9.17) is 16.3 Å². The zero-order valence-corrected chi connectivity index (χ0v) is 24.1. The molecule has 3 heterocycles. The fraction of sp³-hybridized carbons (Fsp3) is 0.273. The maximum atomic E-state index is 16.6. The Morgan fingerprint density at radius 2 is 1.91 bits per heavy atom. The number of benzene rings is 2. The van der Waals surface area contributed by atoms with Crippen molar-refractivity contribution in [1.82, 2.24) is 14.9 Å². The van der Waals surface area contributed by atoms with E-state index in [1.165, 1.54) is 36.4 Å².